The number of aromatic nitrogens is 4. The number of aryl methyl sites for hydroxylation is 1. The zero-order valence-electron chi connectivity index (χ0n) is 10.0. The molecule has 0 bridgehead atoms. The van der Waals surface area contributed by atoms with Crippen LogP contribution in [-0.2, 0) is 6.42 Å². The van der Waals surface area contributed by atoms with Crippen molar-refractivity contribution in [2.75, 3.05) is 11.9 Å². The van der Waals surface area contributed by atoms with Gasteiger partial charge in [0, 0.05) is 37.0 Å². The van der Waals surface area contributed by atoms with Gasteiger partial charge in [-0.15, -0.1) is 0 Å². The number of nitrogens with one attached hydrogen (secondary N) is 1. The van der Waals surface area contributed by atoms with Gasteiger partial charge in [-0.2, -0.15) is 0 Å². The van der Waals surface area contributed by atoms with E-state index in [0.717, 1.165) is 35.9 Å². The van der Waals surface area contributed by atoms with Gasteiger partial charge < -0.3 is 5.32 Å². The second-order valence-corrected chi connectivity index (χ2v) is 3.57. The average Bonchev–Trinajstić information content (AvgIpc) is 2.40. The summed E-state index contributed by atoms with van der Waals surface area (Å²) in [6.07, 6.45) is 5.82. The van der Waals surface area contributed by atoms with Crippen molar-refractivity contribution in [3.63, 3.8) is 0 Å². The van der Waals surface area contributed by atoms with Crippen LogP contribution in [0.4, 0.5) is 5.82 Å². The van der Waals surface area contributed by atoms with E-state index >= 15 is 0 Å². The smallest absolute Gasteiger partial charge is 0.131 e. The van der Waals surface area contributed by atoms with Crippen molar-refractivity contribution in [3.8, 4) is 11.3 Å². The number of hydrogen-bond donors (Lipinski definition) is 1. The molecule has 5 heteroatoms. The number of hydrogen-bond acceptors (Lipinski definition) is 5. The van der Waals surface area contributed by atoms with Gasteiger partial charge in [0.2, 0.25) is 0 Å². The Morgan fingerprint density at radius 3 is 2.53 bits per heavy atom. The lowest BCUT2D eigenvalue weighted by molar-refractivity contribution is 0.938. The van der Waals surface area contributed by atoms with E-state index in [1.165, 1.54) is 6.33 Å². The third-order valence-electron chi connectivity index (χ3n) is 2.30. The summed E-state index contributed by atoms with van der Waals surface area (Å²) in [4.78, 5) is 16.9. The summed E-state index contributed by atoms with van der Waals surface area (Å²) in [5.74, 6) is 1.67. The molecular weight excluding hydrogens is 214 g/mol. The Balaban J connectivity index is 2.43. The molecule has 0 aliphatic carbocycles. The maximum Gasteiger partial charge on any atom is 0.131 e. The Labute approximate surface area is 100 Å². The Bertz CT molecular complexity index is 484. The molecule has 2 aromatic heterocycles. The van der Waals surface area contributed by atoms with E-state index < -0.39 is 0 Å². The summed E-state index contributed by atoms with van der Waals surface area (Å²) in [5, 5.41) is 3.20. The maximum absolute atomic E-state index is 4.47. The quantitative estimate of drug-likeness (QED) is 0.867. The third kappa shape index (κ3) is 2.75. The van der Waals surface area contributed by atoms with Crippen LogP contribution in [0.3, 0.4) is 0 Å². The molecule has 0 radical (unpaired) electrons. The van der Waals surface area contributed by atoms with Crippen LogP contribution >= 0.6 is 0 Å². The molecule has 0 unspecified atom stereocenters. The Morgan fingerprint density at radius 2 is 1.88 bits per heavy atom. The van der Waals surface area contributed by atoms with E-state index in [-0.39, 0.29) is 0 Å². The van der Waals surface area contributed by atoms with E-state index in [2.05, 4.69) is 25.3 Å². The van der Waals surface area contributed by atoms with Crippen molar-refractivity contribution in [2.45, 2.75) is 20.3 Å². The second kappa shape index (κ2) is 5.34. The zero-order chi connectivity index (χ0) is 12.1. The van der Waals surface area contributed by atoms with E-state index in [1.807, 2.05) is 19.9 Å². The summed E-state index contributed by atoms with van der Waals surface area (Å²) in [5.41, 5.74) is 1.76. The zero-order valence-corrected chi connectivity index (χ0v) is 10.0. The third-order valence-corrected chi connectivity index (χ3v) is 2.30. The minimum Gasteiger partial charge on any atom is -0.370 e. The van der Waals surface area contributed by atoms with Gasteiger partial charge in [0.1, 0.15) is 18.0 Å². The summed E-state index contributed by atoms with van der Waals surface area (Å²) in [6, 6.07) is 1.92. The van der Waals surface area contributed by atoms with Crippen LogP contribution in [0.15, 0.2) is 24.8 Å². The van der Waals surface area contributed by atoms with Crippen LogP contribution in [0.25, 0.3) is 11.3 Å². The SMILES string of the molecule is CCNc1cc(-c2cncnc2)nc(CC)n1. The molecule has 88 valence electrons. The first kappa shape index (κ1) is 11.4. The fourth-order valence-electron chi connectivity index (χ4n) is 1.51. The Morgan fingerprint density at radius 1 is 1.12 bits per heavy atom. The molecule has 0 aromatic carbocycles. The minimum atomic E-state index is 0.805. The van der Waals surface area contributed by atoms with Crippen molar-refractivity contribution in [1.82, 2.24) is 19.9 Å². The van der Waals surface area contributed by atoms with Gasteiger partial charge in [-0.3, -0.25) is 0 Å². The normalized spacial score (nSPS) is 10.2. The van der Waals surface area contributed by atoms with E-state index in [9.17, 15) is 0 Å². The fourth-order valence-corrected chi connectivity index (χ4v) is 1.51. The lowest BCUT2D eigenvalue weighted by Crippen LogP contribution is -2.04. The van der Waals surface area contributed by atoms with Crippen molar-refractivity contribution < 1.29 is 0 Å². The van der Waals surface area contributed by atoms with Crippen molar-refractivity contribution >= 4 is 5.82 Å². The standard InChI is InChI=1S/C12H15N5/c1-3-11-16-10(5-12(17-11)15-4-2)9-6-13-8-14-7-9/h5-8H,3-4H2,1-2H3,(H,15,16,17). The first-order valence-corrected chi connectivity index (χ1v) is 5.70. The predicted molar refractivity (Wildman–Crippen MR) is 66.6 cm³/mol. The van der Waals surface area contributed by atoms with Crippen LogP contribution in [0.5, 0.6) is 0 Å². The summed E-state index contributed by atoms with van der Waals surface area (Å²) >= 11 is 0. The Hall–Kier alpha value is -2.04. The topological polar surface area (TPSA) is 63.6 Å². The number of nitrogens with zero attached hydrogens (tertiary/aromatic N) is 4. The maximum atomic E-state index is 4.47. The highest BCUT2D eigenvalue weighted by Crippen LogP contribution is 2.18. The van der Waals surface area contributed by atoms with Crippen LogP contribution in [0.1, 0.15) is 19.7 Å². The first-order valence-electron chi connectivity index (χ1n) is 5.70. The van der Waals surface area contributed by atoms with Crippen LogP contribution in [0.2, 0.25) is 0 Å². The van der Waals surface area contributed by atoms with Gasteiger partial charge >= 0.3 is 0 Å². The first-order chi connectivity index (χ1) is 8.33. The molecule has 0 fully saturated rings. The fraction of sp³-hybridized carbons (Fsp3) is 0.333. The summed E-state index contributed by atoms with van der Waals surface area (Å²) in [6.45, 7) is 4.92. The van der Waals surface area contributed by atoms with Gasteiger partial charge in [0.25, 0.3) is 0 Å². The predicted octanol–water partition coefficient (Wildman–Crippen LogP) is 1.93. The molecule has 1 N–H and O–H groups in total. The largest absolute Gasteiger partial charge is 0.370 e. The Kier molecular flexibility index (Phi) is 3.59. The molecule has 0 amide bonds. The van der Waals surface area contributed by atoms with Crippen molar-refractivity contribution in [2.24, 2.45) is 0 Å². The second-order valence-electron chi connectivity index (χ2n) is 3.57. The molecule has 17 heavy (non-hydrogen) atoms. The van der Waals surface area contributed by atoms with Crippen molar-refractivity contribution in [1.29, 1.82) is 0 Å². The van der Waals surface area contributed by atoms with Gasteiger partial charge in [-0.1, -0.05) is 6.92 Å². The molecular formula is C12H15N5. The molecule has 0 atom stereocenters. The van der Waals surface area contributed by atoms with Crippen molar-refractivity contribution in [3.05, 3.63) is 30.6 Å². The highest BCUT2D eigenvalue weighted by atomic mass is 15.0. The lowest BCUT2D eigenvalue weighted by atomic mass is 10.2. The average molecular weight is 229 g/mol. The molecule has 0 aliphatic rings. The van der Waals surface area contributed by atoms with Gasteiger partial charge in [0.05, 0.1) is 5.69 Å². The molecule has 5 nitrogen and oxygen atoms in total. The summed E-state index contributed by atoms with van der Waals surface area (Å²) in [7, 11) is 0. The van der Waals surface area contributed by atoms with Crippen LogP contribution in [-0.4, -0.2) is 26.5 Å². The highest BCUT2D eigenvalue weighted by molar-refractivity contribution is 5.60. The number of rotatable bonds is 4. The summed E-state index contributed by atoms with van der Waals surface area (Å²) < 4.78 is 0. The molecule has 2 heterocycles. The monoisotopic (exact) mass is 229 g/mol. The minimum absolute atomic E-state index is 0.805. The van der Waals surface area contributed by atoms with E-state index in [4.69, 9.17) is 0 Å². The highest BCUT2D eigenvalue weighted by Gasteiger charge is 2.05. The van der Waals surface area contributed by atoms with Gasteiger partial charge in [-0.25, -0.2) is 19.9 Å². The van der Waals surface area contributed by atoms with Gasteiger partial charge in [-0.05, 0) is 6.92 Å². The lowest BCUT2D eigenvalue weighted by Gasteiger charge is -2.07. The molecule has 0 saturated heterocycles. The van der Waals surface area contributed by atoms with E-state index in [1.54, 1.807) is 12.4 Å². The van der Waals surface area contributed by atoms with E-state index in [0.29, 0.717) is 0 Å². The van der Waals surface area contributed by atoms with Gasteiger partial charge in [0.15, 0.2) is 0 Å². The van der Waals surface area contributed by atoms with Crippen LogP contribution in [0, 0.1) is 0 Å². The molecule has 0 aliphatic heterocycles. The molecule has 0 saturated carbocycles. The number of anilines is 1. The molecule has 2 rings (SSSR count). The molecule has 2 aromatic rings. The van der Waals surface area contributed by atoms with Crippen LogP contribution < -0.4 is 5.32 Å². The molecule has 0 spiro atoms.